The number of ether oxygens (including phenoxy) is 1. The van der Waals surface area contributed by atoms with E-state index in [4.69, 9.17) is 4.74 Å². The molecule has 0 aromatic rings. The second-order valence-electron chi connectivity index (χ2n) is 5.88. The van der Waals surface area contributed by atoms with Crippen LogP contribution in [0.25, 0.3) is 0 Å². The molecule has 2 bridgehead atoms. The van der Waals surface area contributed by atoms with Crippen molar-refractivity contribution in [3.63, 3.8) is 0 Å². The molecule has 2 fully saturated rings. The van der Waals surface area contributed by atoms with Gasteiger partial charge in [-0.15, -0.1) is 0 Å². The molecular formula is C15H28N2O2. The van der Waals surface area contributed by atoms with Crippen molar-refractivity contribution in [1.82, 2.24) is 10.2 Å². The lowest BCUT2D eigenvalue weighted by atomic mass is 9.95. The van der Waals surface area contributed by atoms with Crippen molar-refractivity contribution in [2.24, 2.45) is 0 Å². The number of nitrogens with one attached hydrogen (secondary N) is 1. The standard InChI is InChI=1S/C15H28N2O2/c1-4-8-16-12-9-13-6-7-14(10-12)17(13)11(3)15(18)19-5-2/h11-14,16H,4-10H2,1-3H3. The van der Waals surface area contributed by atoms with Crippen LogP contribution >= 0.6 is 0 Å². The van der Waals surface area contributed by atoms with Gasteiger partial charge in [0, 0.05) is 18.1 Å². The maximum Gasteiger partial charge on any atom is 0.323 e. The quantitative estimate of drug-likeness (QED) is 0.748. The number of hydrogen-bond donors (Lipinski definition) is 1. The molecule has 0 aromatic heterocycles. The molecule has 2 aliphatic rings. The van der Waals surface area contributed by atoms with Crippen LogP contribution in [-0.4, -0.2) is 48.2 Å². The predicted octanol–water partition coefficient (Wildman–Crippen LogP) is 1.93. The molecule has 0 saturated carbocycles. The SMILES string of the molecule is CCCNC1CC2CCC(C1)N2C(C)C(=O)OCC. The number of rotatable bonds is 6. The van der Waals surface area contributed by atoms with Gasteiger partial charge < -0.3 is 10.1 Å². The van der Waals surface area contributed by atoms with Gasteiger partial charge in [-0.1, -0.05) is 6.92 Å². The van der Waals surface area contributed by atoms with E-state index in [-0.39, 0.29) is 12.0 Å². The molecular weight excluding hydrogens is 240 g/mol. The van der Waals surface area contributed by atoms with E-state index >= 15 is 0 Å². The van der Waals surface area contributed by atoms with E-state index in [2.05, 4.69) is 17.1 Å². The number of piperidine rings is 1. The molecule has 19 heavy (non-hydrogen) atoms. The topological polar surface area (TPSA) is 41.6 Å². The molecule has 0 radical (unpaired) electrons. The summed E-state index contributed by atoms with van der Waals surface area (Å²) in [6, 6.07) is 1.69. The highest BCUT2D eigenvalue weighted by molar-refractivity contribution is 5.75. The van der Waals surface area contributed by atoms with Gasteiger partial charge in [0.1, 0.15) is 6.04 Å². The van der Waals surface area contributed by atoms with Gasteiger partial charge in [0.2, 0.25) is 0 Å². The van der Waals surface area contributed by atoms with Crippen molar-refractivity contribution < 1.29 is 9.53 Å². The van der Waals surface area contributed by atoms with Crippen molar-refractivity contribution >= 4 is 5.97 Å². The highest BCUT2D eigenvalue weighted by atomic mass is 16.5. The Hall–Kier alpha value is -0.610. The molecule has 2 saturated heterocycles. The van der Waals surface area contributed by atoms with Crippen LogP contribution in [0.4, 0.5) is 0 Å². The molecule has 0 aliphatic carbocycles. The zero-order valence-electron chi connectivity index (χ0n) is 12.5. The summed E-state index contributed by atoms with van der Waals surface area (Å²) >= 11 is 0. The van der Waals surface area contributed by atoms with Gasteiger partial charge in [-0.2, -0.15) is 0 Å². The van der Waals surface area contributed by atoms with Gasteiger partial charge in [-0.05, 0) is 52.5 Å². The summed E-state index contributed by atoms with van der Waals surface area (Å²) in [6.07, 6.45) is 6.02. The first-order valence-corrected chi connectivity index (χ1v) is 7.84. The fourth-order valence-corrected chi connectivity index (χ4v) is 3.75. The maximum atomic E-state index is 11.9. The van der Waals surface area contributed by atoms with Gasteiger partial charge >= 0.3 is 5.97 Å². The number of carbonyl (C=O) groups excluding carboxylic acids is 1. The Kier molecular flexibility index (Phi) is 5.22. The van der Waals surface area contributed by atoms with Crippen LogP contribution < -0.4 is 5.32 Å². The van der Waals surface area contributed by atoms with Gasteiger partial charge in [0.25, 0.3) is 0 Å². The normalized spacial score (nSPS) is 32.3. The Morgan fingerprint density at radius 2 is 1.95 bits per heavy atom. The van der Waals surface area contributed by atoms with Crippen molar-refractivity contribution in [1.29, 1.82) is 0 Å². The van der Waals surface area contributed by atoms with Crippen LogP contribution in [0.1, 0.15) is 52.9 Å². The van der Waals surface area contributed by atoms with Gasteiger partial charge in [0.05, 0.1) is 6.61 Å². The van der Waals surface area contributed by atoms with Crippen molar-refractivity contribution in [2.75, 3.05) is 13.2 Å². The van der Waals surface area contributed by atoms with E-state index in [0.29, 0.717) is 24.7 Å². The summed E-state index contributed by atoms with van der Waals surface area (Å²) in [5.74, 6) is -0.0561. The first-order valence-electron chi connectivity index (χ1n) is 7.84. The van der Waals surface area contributed by atoms with Crippen LogP contribution in [-0.2, 0) is 9.53 Å². The van der Waals surface area contributed by atoms with Gasteiger partial charge in [0.15, 0.2) is 0 Å². The summed E-state index contributed by atoms with van der Waals surface area (Å²) in [5.41, 5.74) is 0. The Morgan fingerprint density at radius 1 is 1.32 bits per heavy atom. The van der Waals surface area contributed by atoms with E-state index in [1.54, 1.807) is 0 Å². The second-order valence-corrected chi connectivity index (χ2v) is 5.88. The van der Waals surface area contributed by atoms with Crippen LogP contribution in [0.2, 0.25) is 0 Å². The van der Waals surface area contributed by atoms with E-state index in [1.807, 2.05) is 13.8 Å². The smallest absolute Gasteiger partial charge is 0.323 e. The number of hydrogen-bond acceptors (Lipinski definition) is 4. The zero-order valence-corrected chi connectivity index (χ0v) is 12.5. The minimum Gasteiger partial charge on any atom is -0.465 e. The van der Waals surface area contributed by atoms with Crippen molar-refractivity contribution in [3.8, 4) is 0 Å². The molecule has 1 N–H and O–H groups in total. The summed E-state index contributed by atoms with van der Waals surface area (Å²) in [5, 5.41) is 3.64. The van der Waals surface area contributed by atoms with E-state index in [0.717, 1.165) is 6.54 Å². The summed E-state index contributed by atoms with van der Waals surface area (Å²) in [4.78, 5) is 14.4. The summed E-state index contributed by atoms with van der Waals surface area (Å²) in [7, 11) is 0. The van der Waals surface area contributed by atoms with E-state index < -0.39 is 0 Å². The van der Waals surface area contributed by atoms with Gasteiger partial charge in [-0.25, -0.2) is 0 Å². The third-order valence-electron chi connectivity index (χ3n) is 4.55. The number of carbonyl (C=O) groups is 1. The molecule has 2 heterocycles. The molecule has 3 unspecified atom stereocenters. The molecule has 4 heteroatoms. The molecule has 110 valence electrons. The zero-order chi connectivity index (χ0) is 13.8. The first kappa shape index (κ1) is 14.8. The van der Waals surface area contributed by atoms with Crippen LogP contribution in [0.15, 0.2) is 0 Å². The summed E-state index contributed by atoms with van der Waals surface area (Å²) in [6.45, 7) is 7.67. The minimum atomic E-state index is -0.0791. The monoisotopic (exact) mass is 268 g/mol. The van der Waals surface area contributed by atoms with E-state index in [1.165, 1.54) is 32.1 Å². The fourth-order valence-electron chi connectivity index (χ4n) is 3.75. The number of esters is 1. The third-order valence-corrected chi connectivity index (χ3v) is 4.55. The average Bonchev–Trinajstić information content (AvgIpc) is 2.66. The second kappa shape index (κ2) is 6.71. The largest absolute Gasteiger partial charge is 0.465 e. The third kappa shape index (κ3) is 3.29. The molecule has 0 spiro atoms. The van der Waals surface area contributed by atoms with Crippen molar-refractivity contribution in [3.05, 3.63) is 0 Å². The Labute approximate surface area is 116 Å². The van der Waals surface area contributed by atoms with E-state index in [9.17, 15) is 4.79 Å². The lowest BCUT2D eigenvalue weighted by molar-refractivity contribution is -0.151. The molecule has 3 atom stereocenters. The predicted molar refractivity (Wildman–Crippen MR) is 76.1 cm³/mol. The Balaban J connectivity index is 1.93. The lowest BCUT2D eigenvalue weighted by Gasteiger charge is -2.41. The number of fused-ring (bicyclic) bond motifs is 2. The molecule has 2 rings (SSSR count). The highest BCUT2D eigenvalue weighted by Crippen LogP contribution is 2.37. The Morgan fingerprint density at radius 3 is 2.47 bits per heavy atom. The maximum absolute atomic E-state index is 11.9. The first-order chi connectivity index (χ1) is 9.17. The van der Waals surface area contributed by atoms with Crippen LogP contribution in [0, 0.1) is 0 Å². The Bertz CT molecular complexity index is 295. The number of nitrogens with zero attached hydrogens (tertiary/aromatic N) is 1. The van der Waals surface area contributed by atoms with Gasteiger partial charge in [-0.3, -0.25) is 9.69 Å². The average molecular weight is 268 g/mol. The molecule has 4 nitrogen and oxygen atoms in total. The highest BCUT2D eigenvalue weighted by Gasteiger charge is 2.44. The van der Waals surface area contributed by atoms with Crippen LogP contribution in [0.5, 0.6) is 0 Å². The summed E-state index contributed by atoms with van der Waals surface area (Å²) < 4.78 is 5.18. The molecule has 0 aromatic carbocycles. The molecule has 0 amide bonds. The minimum absolute atomic E-state index is 0.0561. The fraction of sp³-hybridized carbons (Fsp3) is 0.933. The lowest BCUT2D eigenvalue weighted by Crippen LogP contribution is -2.54. The molecule has 2 aliphatic heterocycles. The van der Waals surface area contributed by atoms with Crippen molar-refractivity contribution in [2.45, 2.75) is 77.0 Å². The van der Waals surface area contributed by atoms with Crippen LogP contribution in [0.3, 0.4) is 0 Å².